The van der Waals surface area contributed by atoms with Gasteiger partial charge in [-0.1, -0.05) is 121 Å². The van der Waals surface area contributed by atoms with Crippen molar-refractivity contribution in [1.82, 2.24) is 0 Å². The van der Waals surface area contributed by atoms with Crippen molar-refractivity contribution in [3.05, 3.63) is 178 Å². The molecule has 252 valence electrons. The molecule has 0 saturated carbocycles. The molecule has 0 aromatic heterocycles. The Morgan fingerprint density at radius 3 is 1.43 bits per heavy atom. The summed E-state index contributed by atoms with van der Waals surface area (Å²) in [5.41, 5.74) is 3.94. The molecule has 1 aliphatic heterocycles. The fraction of sp³-hybridized carbons (Fsp3) is 0.250. The maximum atomic E-state index is 11.3. The molecule has 49 heavy (non-hydrogen) atoms. The van der Waals surface area contributed by atoms with E-state index in [1.54, 1.807) is 12.1 Å². The summed E-state index contributed by atoms with van der Waals surface area (Å²) in [7, 11) is 0. The predicted octanol–water partition coefficient (Wildman–Crippen LogP) is 7.67. The van der Waals surface area contributed by atoms with Crippen molar-refractivity contribution in [1.29, 1.82) is 0 Å². The van der Waals surface area contributed by atoms with Crippen LogP contribution >= 0.6 is 0 Å². The van der Waals surface area contributed by atoms with Gasteiger partial charge >= 0.3 is 0 Å². The van der Waals surface area contributed by atoms with Crippen molar-refractivity contribution in [2.24, 2.45) is 0 Å². The second-order valence-corrected chi connectivity index (χ2v) is 11.7. The standard InChI is InChI=1S/C40H39NO8/c42-41(43)34-21-23-35(24-22-34)48-40-39(47-28-33-19-11-4-12-20-33)38(46-27-32-17-9-3-10-18-32)37(45-26-31-15-7-2-8-16-31)36(49-40)29-44-25-30-13-5-1-6-14-30/h1-24,36-40H,25-29H2/t36-,37+,38+,39-,40-/m1/s1. The summed E-state index contributed by atoms with van der Waals surface area (Å²) in [6, 6.07) is 45.5. The number of nitro benzene ring substituents is 1. The minimum absolute atomic E-state index is 0.0422. The highest BCUT2D eigenvalue weighted by Gasteiger charge is 2.49. The molecule has 9 heteroatoms. The summed E-state index contributed by atoms with van der Waals surface area (Å²) in [5, 5.41) is 11.3. The van der Waals surface area contributed by atoms with Gasteiger partial charge in [0.15, 0.2) is 0 Å². The topological polar surface area (TPSA) is 98.5 Å². The number of hydrogen-bond donors (Lipinski definition) is 0. The van der Waals surface area contributed by atoms with Gasteiger partial charge in [0.05, 0.1) is 38.0 Å². The van der Waals surface area contributed by atoms with Crippen molar-refractivity contribution >= 4 is 5.69 Å². The van der Waals surface area contributed by atoms with Gasteiger partial charge < -0.3 is 28.4 Å². The molecule has 9 nitrogen and oxygen atoms in total. The molecule has 0 aliphatic carbocycles. The molecule has 5 aromatic rings. The van der Waals surface area contributed by atoms with Crippen LogP contribution in [0, 0.1) is 10.1 Å². The lowest BCUT2D eigenvalue weighted by molar-refractivity contribution is -0.384. The van der Waals surface area contributed by atoms with E-state index in [1.807, 2.05) is 121 Å². The number of rotatable bonds is 16. The van der Waals surface area contributed by atoms with Crippen LogP contribution in [0.4, 0.5) is 5.69 Å². The molecular formula is C40H39NO8. The number of nitrogens with zero attached hydrogens (tertiary/aromatic N) is 1. The molecule has 0 unspecified atom stereocenters. The van der Waals surface area contributed by atoms with Crippen LogP contribution in [0.3, 0.4) is 0 Å². The molecule has 5 atom stereocenters. The second-order valence-electron chi connectivity index (χ2n) is 11.7. The third-order valence-electron chi connectivity index (χ3n) is 8.14. The minimum Gasteiger partial charge on any atom is -0.462 e. The maximum Gasteiger partial charge on any atom is 0.269 e. The lowest BCUT2D eigenvalue weighted by Crippen LogP contribution is -2.62. The molecule has 1 aliphatic rings. The Bertz CT molecular complexity index is 1690. The Morgan fingerprint density at radius 2 is 0.959 bits per heavy atom. The fourth-order valence-electron chi connectivity index (χ4n) is 5.62. The van der Waals surface area contributed by atoms with Crippen LogP contribution in [-0.4, -0.2) is 42.2 Å². The molecule has 1 saturated heterocycles. The highest BCUT2D eigenvalue weighted by atomic mass is 16.7. The van der Waals surface area contributed by atoms with Gasteiger partial charge in [0.25, 0.3) is 5.69 Å². The Labute approximate surface area is 286 Å². The van der Waals surface area contributed by atoms with E-state index < -0.39 is 35.6 Å². The van der Waals surface area contributed by atoms with Gasteiger partial charge in [-0.3, -0.25) is 10.1 Å². The summed E-state index contributed by atoms with van der Waals surface area (Å²) >= 11 is 0. The van der Waals surface area contributed by atoms with Crippen molar-refractivity contribution in [2.45, 2.75) is 57.1 Å². The predicted molar refractivity (Wildman–Crippen MR) is 184 cm³/mol. The molecule has 0 amide bonds. The Hall–Kier alpha value is -4.90. The molecular weight excluding hydrogens is 622 g/mol. The monoisotopic (exact) mass is 661 g/mol. The van der Waals surface area contributed by atoms with Gasteiger partial charge in [0.2, 0.25) is 6.29 Å². The Morgan fingerprint density at radius 1 is 0.531 bits per heavy atom. The summed E-state index contributed by atoms with van der Waals surface area (Å²) < 4.78 is 39.3. The van der Waals surface area contributed by atoms with E-state index in [1.165, 1.54) is 12.1 Å². The van der Waals surface area contributed by atoms with Gasteiger partial charge in [0, 0.05) is 12.1 Å². The first-order chi connectivity index (χ1) is 24.1. The number of nitro groups is 1. The largest absolute Gasteiger partial charge is 0.462 e. The quantitative estimate of drug-likeness (QED) is 0.0785. The first-order valence-corrected chi connectivity index (χ1v) is 16.3. The van der Waals surface area contributed by atoms with Gasteiger partial charge in [-0.2, -0.15) is 0 Å². The Balaban J connectivity index is 1.32. The summed E-state index contributed by atoms with van der Waals surface area (Å²) in [5.74, 6) is 0.387. The maximum absolute atomic E-state index is 11.3. The van der Waals surface area contributed by atoms with Crippen molar-refractivity contribution < 1.29 is 33.3 Å². The van der Waals surface area contributed by atoms with Crippen LogP contribution < -0.4 is 4.74 Å². The van der Waals surface area contributed by atoms with Crippen LogP contribution in [0.15, 0.2) is 146 Å². The van der Waals surface area contributed by atoms with E-state index in [-0.39, 0.29) is 18.9 Å². The highest BCUT2D eigenvalue weighted by Crippen LogP contribution is 2.33. The van der Waals surface area contributed by atoms with Gasteiger partial charge in [-0.05, 0) is 34.4 Å². The van der Waals surface area contributed by atoms with Crippen LogP contribution in [0.1, 0.15) is 22.3 Å². The van der Waals surface area contributed by atoms with Gasteiger partial charge in [0.1, 0.15) is 30.2 Å². The molecule has 6 rings (SSSR count). The summed E-state index contributed by atoms with van der Waals surface area (Å²) in [6.45, 7) is 1.44. The summed E-state index contributed by atoms with van der Waals surface area (Å²) in [4.78, 5) is 10.9. The number of ether oxygens (including phenoxy) is 6. The van der Waals surface area contributed by atoms with E-state index in [9.17, 15) is 10.1 Å². The average Bonchev–Trinajstić information content (AvgIpc) is 3.15. The van der Waals surface area contributed by atoms with E-state index in [4.69, 9.17) is 28.4 Å². The SMILES string of the molecule is O=[N+]([O-])c1ccc(O[C@@H]2O[C@H](COCc3ccccc3)[C@H](OCc3ccccc3)[C@H](OCc3ccccc3)[C@H]2OCc2ccccc2)cc1. The van der Waals surface area contributed by atoms with Crippen molar-refractivity contribution in [3.63, 3.8) is 0 Å². The number of hydrogen-bond acceptors (Lipinski definition) is 8. The minimum atomic E-state index is -0.965. The fourth-order valence-corrected chi connectivity index (χ4v) is 5.62. The lowest BCUT2D eigenvalue weighted by Gasteiger charge is -2.45. The molecule has 0 spiro atoms. The second kappa shape index (κ2) is 17.5. The first-order valence-electron chi connectivity index (χ1n) is 16.3. The average molecular weight is 662 g/mol. The molecule has 1 heterocycles. The third-order valence-corrected chi connectivity index (χ3v) is 8.14. The molecule has 1 fully saturated rings. The van der Waals surface area contributed by atoms with Crippen molar-refractivity contribution in [2.75, 3.05) is 6.61 Å². The van der Waals surface area contributed by atoms with E-state index in [0.717, 1.165) is 22.3 Å². The Kier molecular flexibility index (Phi) is 12.1. The summed E-state index contributed by atoms with van der Waals surface area (Å²) in [6.07, 6.45) is -3.61. The zero-order valence-corrected chi connectivity index (χ0v) is 27.0. The van der Waals surface area contributed by atoms with E-state index in [0.29, 0.717) is 25.6 Å². The molecule has 0 bridgehead atoms. The van der Waals surface area contributed by atoms with Crippen molar-refractivity contribution in [3.8, 4) is 5.75 Å². The highest BCUT2D eigenvalue weighted by molar-refractivity contribution is 5.36. The van der Waals surface area contributed by atoms with Crippen LogP contribution in [0.25, 0.3) is 0 Å². The molecule has 5 aromatic carbocycles. The number of benzene rings is 5. The normalized spacial score (nSPS) is 20.4. The third kappa shape index (κ3) is 9.82. The smallest absolute Gasteiger partial charge is 0.269 e. The zero-order valence-electron chi connectivity index (χ0n) is 27.0. The zero-order chi connectivity index (χ0) is 33.7. The van der Waals surface area contributed by atoms with Crippen LogP contribution in [0.5, 0.6) is 5.75 Å². The molecule has 0 radical (unpaired) electrons. The molecule has 0 N–H and O–H groups in total. The first kappa shape index (κ1) is 34.0. The number of non-ortho nitro benzene ring substituents is 1. The van der Waals surface area contributed by atoms with Gasteiger partial charge in [-0.15, -0.1) is 0 Å². The van der Waals surface area contributed by atoms with Gasteiger partial charge in [-0.25, -0.2) is 0 Å². The lowest BCUT2D eigenvalue weighted by atomic mass is 9.97. The van der Waals surface area contributed by atoms with E-state index >= 15 is 0 Å². The van der Waals surface area contributed by atoms with Crippen LogP contribution in [0.2, 0.25) is 0 Å². The van der Waals surface area contributed by atoms with Crippen LogP contribution in [-0.2, 0) is 50.1 Å². The van der Waals surface area contributed by atoms with E-state index in [2.05, 4.69) is 0 Å².